The van der Waals surface area contributed by atoms with E-state index in [9.17, 15) is 18.4 Å². The number of carbonyl (C=O) groups is 2. The van der Waals surface area contributed by atoms with Gasteiger partial charge in [-0.1, -0.05) is 18.2 Å². The van der Waals surface area contributed by atoms with E-state index >= 15 is 0 Å². The maximum Gasteiger partial charge on any atom is 0.333 e. The summed E-state index contributed by atoms with van der Waals surface area (Å²) in [7, 11) is 1.12. The van der Waals surface area contributed by atoms with Gasteiger partial charge < -0.3 is 15.0 Å². The van der Waals surface area contributed by atoms with Crippen molar-refractivity contribution in [2.75, 3.05) is 7.11 Å². The number of hydrogen-bond donors (Lipinski definition) is 2. The molecule has 0 saturated heterocycles. The van der Waals surface area contributed by atoms with Gasteiger partial charge in [0.1, 0.15) is 11.6 Å². The number of methoxy groups -OCH3 is 1. The Labute approximate surface area is 141 Å². The summed E-state index contributed by atoms with van der Waals surface area (Å²) in [6.45, 7) is 0. The molecule has 0 aliphatic carbocycles. The Morgan fingerprint density at radius 2 is 1.96 bits per heavy atom. The highest BCUT2D eigenvalue weighted by molar-refractivity contribution is 6.06. The Morgan fingerprint density at radius 3 is 2.68 bits per heavy atom. The Morgan fingerprint density at radius 1 is 1.16 bits per heavy atom. The monoisotopic (exact) mass is 344 g/mol. The smallest absolute Gasteiger partial charge is 0.333 e. The third-order valence-corrected chi connectivity index (χ3v) is 3.82. The molecule has 128 valence electrons. The number of fused-ring (bicyclic) bond motifs is 1. The first-order valence-corrected chi connectivity index (χ1v) is 7.41. The minimum absolute atomic E-state index is 0.180. The fourth-order valence-electron chi connectivity index (χ4n) is 2.60. The van der Waals surface area contributed by atoms with Crippen LogP contribution >= 0.6 is 0 Å². The van der Waals surface area contributed by atoms with Crippen LogP contribution in [0.15, 0.2) is 48.7 Å². The first-order chi connectivity index (χ1) is 12.0. The van der Waals surface area contributed by atoms with E-state index in [0.717, 1.165) is 24.6 Å². The zero-order chi connectivity index (χ0) is 18.0. The summed E-state index contributed by atoms with van der Waals surface area (Å²) in [5, 5.41) is 3.26. The quantitative estimate of drug-likeness (QED) is 0.715. The SMILES string of the molecule is COC(=O)C(NC(=O)c1cccc2cc[nH]c12)c1ccc(F)cc1F. The second-order valence-corrected chi connectivity index (χ2v) is 5.34. The number of halogens is 2. The van der Waals surface area contributed by atoms with Crippen molar-refractivity contribution in [3.8, 4) is 0 Å². The maximum absolute atomic E-state index is 14.0. The van der Waals surface area contributed by atoms with Crippen LogP contribution in [0.5, 0.6) is 0 Å². The molecule has 1 heterocycles. The molecule has 1 aromatic heterocycles. The minimum atomic E-state index is -1.40. The standard InChI is InChI=1S/C18H14F2N2O3/c1-25-18(24)16(12-6-5-11(19)9-14(12)20)22-17(23)13-4-2-3-10-7-8-21-15(10)13/h2-9,16,21H,1H3,(H,22,23). The predicted molar refractivity (Wildman–Crippen MR) is 86.9 cm³/mol. The number of H-pyrrole nitrogens is 1. The molecule has 5 nitrogen and oxygen atoms in total. The van der Waals surface area contributed by atoms with Crippen LogP contribution in [-0.4, -0.2) is 24.0 Å². The van der Waals surface area contributed by atoms with Gasteiger partial charge in [0.25, 0.3) is 5.91 Å². The lowest BCUT2D eigenvalue weighted by Gasteiger charge is -2.18. The summed E-state index contributed by atoms with van der Waals surface area (Å²) in [6.07, 6.45) is 1.68. The van der Waals surface area contributed by atoms with Gasteiger partial charge in [0.05, 0.1) is 18.2 Å². The number of hydrogen-bond acceptors (Lipinski definition) is 3. The largest absolute Gasteiger partial charge is 0.467 e. The Kier molecular flexibility index (Phi) is 4.47. The number of benzene rings is 2. The maximum atomic E-state index is 14.0. The van der Waals surface area contributed by atoms with Crippen LogP contribution in [0.1, 0.15) is 22.0 Å². The zero-order valence-electron chi connectivity index (χ0n) is 13.2. The first kappa shape index (κ1) is 16.6. The van der Waals surface area contributed by atoms with Crippen LogP contribution in [-0.2, 0) is 9.53 Å². The highest BCUT2D eigenvalue weighted by Crippen LogP contribution is 2.22. The lowest BCUT2D eigenvalue weighted by molar-refractivity contribution is -0.143. The van der Waals surface area contributed by atoms with Crippen molar-refractivity contribution in [2.45, 2.75) is 6.04 Å². The Hall–Kier alpha value is -3.22. The van der Waals surface area contributed by atoms with E-state index in [1.165, 1.54) is 0 Å². The normalized spacial score (nSPS) is 12.0. The summed E-state index contributed by atoms with van der Waals surface area (Å²) >= 11 is 0. The first-order valence-electron chi connectivity index (χ1n) is 7.41. The number of nitrogens with one attached hydrogen (secondary N) is 2. The van der Waals surface area contributed by atoms with Gasteiger partial charge in [-0.05, 0) is 18.2 Å². The average Bonchev–Trinajstić information content (AvgIpc) is 3.08. The molecule has 0 bridgehead atoms. The molecule has 0 aliphatic rings. The molecular formula is C18H14F2N2O3. The number of ether oxygens (including phenoxy) is 1. The molecule has 3 aromatic rings. The highest BCUT2D eigenvalue weighted by atomic mass is 19.1. The molecule has 0 aliphatic heterocycles. The lowest BCUT2D eigenvalue weighted by Crippen LogP contribution is -2.35. The summed E-state index contributed by atoms with van der Waals surface area (Å²) in [5.41, 5.74) is 0.697. The van der Waals surface area contributed by atoms with E-state index in [1.807, 2.05) is 6.07 Å². The van der Waals surface area contributed by atoms with Crippen LogP contribution in [0.4, 0.5) is 8.78 Å². The van der Waals surface area contributed by atoms with Gasteiger partial charge in [0.15, 0.2) is 6.04 Å². The van der Waals surface area contributed by atoms with Crippen molar-refractivity contribution in [1.82, 2.24) is 10.3 Å². The van der Waals surface area contributed by atoms with E-state index in [4.69, 9.17) is 0 Å². The van der Waals surface area contributed by atoms with Crippen molar-refractivity contribution in [3.05, 3.63) is 71.4 Å². The van der Waals surface area contributed by atoms with E-state index in [2.05, 4.69) is 15.0 Å². The number of rotatable bonds is 4. The van der Waals surface area contributed by atoms with Crippen molar-refractivity contribution < 1.29 is 23.1 Å². The molecule has 1 unspecified atom stereocenters. The number of carbonyl (C=O) groups excluding carboxylic acids is 2. The number of para-hydroxylation sites is 1. The van der Waals surface area contributed by atoms with Crippen LogP contribution in [0.2, 0.25) is 0 Å². The fourth-order valence-corrected chi connectivity index (χ4v) is 2.60. The average molecular weight is 344 g/mol. The van der Waals surface area contributed by atoms with Crippen LogP contribution in [0.3, 0.4) is 0 Å². The summed E-state index contributed by atoms with van der Waals surface area (Å²) < 4.78 is 31.8. The van der Waals surface area contributed by atoms with Crippen LogP contribution in [0.25, 0.3) is 10.9 Å². The van der Waals surface area contributed by atoms with Crippen molar-refractivity contribution in [3.63, 3.8) is 0 Å². The van der Waals surface area contributed by atoms with E-state index in [0.29, 0.717) is 17.1 Å². The second kappa shape index (κ2) is 6.72. The summed E-state index contributed by atoms with van der Waals surface area (Å²) in [6, 6.07) is 8.23. The molecule has 2 aromatic carbocycles. The number of aromatic nitrogens is 1. The Bertz CT molecular complexity index is 952. The van der Waals surface area contributed by atoms with Gasteiger partial charge in [0.2, 0.25) is 0 Å². The van der Waals surface area contributed by atoms with E-state index in [-0.39, 0.29) is 5.56 Å². The lowest BCUT2D eigenvalue weighted by atomic mass is 10.0. The highest BCUT2D eigenvalue weighted by Gasteiger charge is 2.27. The molecule has 0 fully saturated rings. The zero-order valence-corrected chi connectivity index (χ0v) is 13.2. The summed E-state index contributed by atoms with van der Waals surface area (Å²) in [4.78, 5) is 27.6. The van der Waals surface area contributed by atoms with Crippen LogP contribution < -0.4 is 5.32 Å². The Balaban J connectivity index is 1.97. The molecule has 25 heavy (non-hydrogen) atoms. The van der Waals surface area contributed by atoms with Crippen molar-refractivity contribution in [2.24, 2.45) is 0 Å². The summed E-state index contributed by atoms with van der Waals surface area (Å²) in [5.74, 6) is -3.19. The molecule has 3 rings (SSSR count). The third kappa shape index (κ3) is 3.21. The molecule has 2 N–H and O–H groups in total. The number of amides is 1. The van der Waals surface area contributed by atoms with Gasteiger partial charge in [-0.3, -0.25) is 4.79 Å². The molecule has 7 heteroatoms. The van der Waals surface area contributed by atoms with Crippen LogP contribution in [0, 0.1) is 11.6 Å². The van der Waals surface area contributed by atoms with Crippen molar-refractivity contribution >= 4 is 22.8 Å². The molecule has 0 spiro atoms. The minimum Gasteiger partial charge on any atom is -0.467 e. The van der Waals surface area contributed by atoms with Gasteiger partial charge >= 0.3 is 5.97 Å². The van der Waals surface area contributed by atoms with Gasteiger partial charge in [-0.15, -0.1) is 0 Å². The van der Waals surface area contributed by atoms with E-state index in [1.54, 1.807) is 24.4 Å². The molecule has 1 atom stereocenters. The number of aromatic amines is 1. The molecular weight excluding hydrogens is 330 g/mol. The van der Waals surface area contributed by atoms with E-state index < -0.39 is 29.6 Å². The van der Waals surface area contributed by atoms with Gasteiger partial charge in [0, 0.05) is 23.2 Å². The fraction of sp³-hybridized carbons (Fsp3) is 0.111. The topological polar surface area (TPSA) is 71.2 Å². The molecule has 1 amide bonds. The second-order valence-electron chi connectivity index (χ2n) is 5.34. The third-order valence-electron chi connectivity index (χ3n) is 3.82. The predicted octanol–water partition coefficient (Wildman–Crippen LogP) is 3.09. The van der Waals surface area contributed by atoms with Gasteiger partial charge in [-0.2, -0.15) is 0 Å². The van der Waals surface area contributed by atoms with Crippen molar-refractivity contribution in [1.29, 1.82) is 0 Å². The molecule has 0 radical (unpaired) electrons. The molecule has 0 saturated carbocycles. The van der Waals surface area contributed by atoms with Gasteiger partial charge in [-0.25, -0.2) is 13.6 Å². The number of esters is 1.